The molecule has 0 radical (unpaired) electrons. The molecular formula is C20H22N2O. The molecule has 0 aliphatic carbocycles. The minimum atomic E-state index is -0.665. The van der Waals surface area contributed by atoms with E-state index in [1.54, 1.807) is 6.20 Å². The van der Waals surface area contributed by atoms with E-state index >= 15 is 0 Å². The molecule has 2 bridgehead atoms. The molecule has 3 nitrogen and oxygen atoms in total. The third-order valence-electron chi connectivity index (χ3n) is 5.29. The lowest BCUT2D eigenvalue weighted by Crippen LogP contribution is -2.57. The van der Waals surface area contributed by atoms with Crippen molar-refractivity contribution in [2.24, 2.45) is 5.92 Å². The van der Waals surface area contributed by atoms with Crippen LogP contribution in [-0.2, 0) is 5.60 Å². The Hall–Kier alpha value is -1.97. The van der Waals surface area contributed by atoms with Crippen LogP contribution in [0.1, 0.15) is 29.5 Å². The van der Waals surface area contributed by atoms with Crippen molar-refractivity contribution < 1.29 is 5.11 Å². The number of hydrogen-bond donors (Lipinski definition) is 1. The Labute approximate surface area is 137 Å². The van der Waals surface area contributed by atoms with Gasteiger partial charge in [0.2, 0.25) is 0 Å². The number of hydrogen-bond acceptors (Lipinski definition) is 3. The zero-order chi connectivity index (χ0) is 15.7. The van der Waals surface area contributed by atoms with Crippen molar-refractivity contribution in [2.75, 3.05) is 19.6 Å². The maximum absolute atomic E-state index is 11.2. The first-order valence-electron chi connectivity index (χ1n) is 8.37. The van der Waals surface area contributed by atoms with E-state index in [9.17, 15) is 5.11 Å². The summed E-state index contributed by atoms with van der Waals surface area (Å²) >= 11 is 0. The highest BCUT2D eigenvalue weighted by molar-refractivity contribution is 5.69. The van der Waals surface area contributed by atoms with Gasteiger partial charge in [-0.1, -0.05) is 42.5 Å². The van der Waals surface area contributed by atoms with Crippen molar-refractivity contribution in [1.82, 2.24) is 9.88 Å². The molecule has 0 spiro atoms. The molecule has 4 heterocycles. The molecule has 3 fully saturated rings. The third-order valence-corrected chi connectivity index (χ3v) is 5.29. The van der Waals surface area contributed by atoms with Crippen molar-refractivity contribution in [1.29, 1.82) is 0 Å². The molecule has 1 N–H and O–H groups in total. The summed E-state index contributed by atoms with van der Waals surface area (Å²) in [6.07, 6.45) is 9.99. The Kier molecular flexibility index (Phi) is 3.76. The fraction of sp³-hybridized carbons (Fsp3) is 0.350. The molecule has 0 saturated carbocycles. The lowest BCUT2D eigenvalue weighted by molar-refractivity contribution is -0.117. The van der Waals surface area contributed by atoms with Gasteiger partial charge in [0.15, 0.2) is 0 Å². The second-order valence-electron chi connectivity index (χ2n) is 6.72. The van der Waals surface area contributed by atoms with Gasteiger partial charge in [0.25, 0.3) is 0 Å². The smallest absolute Gasteiger partial charge is 0.105 e. The van der Waals surface area contributed by atoms with Crippen molar-refractivity contribution >= 4 is 12.2 Å². The summed E-state index contributed by atoms with van der Waals surface area (Å²) < 4.78 is 0. The van der Waals surface area contributed by atoms with Gasteiger partial charge in [0.05, 0.1) is 0 Å². The van der Waals surface area contributed by atoms with Crippen LogP contribution in [-0.4, -0.2) is 34.6 Å². The molecule has 1 atom stereocenters. The number of aromatic nitrogens is 1. The van der Waals surface area contributed by atoms with Crippen LogP contribution in [0.5, 0.6) is 0 Å². The fourth-order valence-corrected chi connectivity index (χ4v) is 3.92. The summed E-state index contributed by atoms with van der Waals surface area (Å²) in [6.45, 7) is 3.06. The van der Waals surface area contributed by atoms with Gasteiger partial charge >= 0.3 is 0 Å². The average molecular weight is 306 g/mol. The molecule has 118 valence electrons. The van der Waals surface area contributed by atoms with E-state index in [-0.39, 0.29) is 0 Å². The minimum Gasteiger partial charge on any atom is -0.384 e. The Morgan fingerprint density at radius 1 is 1.04 bits per heavy atom. The first-order valence-corrected chi connectivity index (χ1v) is 8.37. The topological polar surface area (TPSA) is 36.4 Å². The van der Waals surface area contributed by atoms with E-state index < -0.39 is 5.60 Å². The molecule has 3 aliphatic rings. The molecule has 3 saturated heterocycles. The molecule has 1 aromatic carbocycles. The third kappa shape index (κ3) is 2.82. The van der Waals surface area contributed by atoms with Gasteiger partial charge in [-0.3, -0.25) is 4.98 Å². The summed E-state index contributed by atoms with van der Waals surface area (Å²) in [5.41, 5.74) is 2.63. The maximum atomic E-state index is 11.2. The van der Waals surface area contributed by atoms with Crippen LogP contribution in [0.4, 0.5) is 0 Å². The van der Waals surface area contributed by atoms with Crippen molar-refractivity contribution in [3.05, 3.63) is 65.5 Å². The first kappa shape index (κ1) is 14.6. The Morgan fingerprint density at radius 3 is 2.39 bits per heavy atom. The Bertz CT molecular complexity index is 687. The number of pyridine rings is 1. The monoisotopic (exact) mass is 306 g/mol. The van der Waals surface area contributed by atoms with E-state index in [1.165, 1.54) is 0 Å². The molecule has 23 heavy (non-hydrogen) atoms. The second-order valence-corrected chi connectivity index (χ2v) is 6.72. The molecule has 5 rings (SSSR count). The highest BCUT2D eigenvalue weighted by Gasteiger charge is 2.46. The van der Waals surface area contributed by atoms with Gasteiger partial charge in [-0.05, 0) is 54.6 Å². The van der Waals surface area contributed by atoms with E-state index in [2.05, 4.69) is 46.3 Å². The number of rotatable bonds is 3. The van der Waals surface area contributed by atoms with Gasteiger partial charge in [-0.2, -0.15) is 0 Å². The van der Waals surface area contributed by atoms with Crippen LogP contribution in [0.2, 0.25) is 0 Å². The molecular weight excluding hydrogens is 284 g/mol. The van der Waals surface area contributed by atoms with Gasteiger partial charge in [0, 0.05) is 18.9 Å². The lowest BCUT2D eigenvalue weighted by atomic mass is 9.71. The van der Waals surface area contributed by atoms with Gasteiger partial charge in [-0.15, -0.1) is 0 Å². The van der Waals surface area contributed by atoms with Crippen LogP contribution in [0, 0.1) is 5.92 Å². The summed E-state index contributed by atoms with van der Waals surface area (Å²) in [4.78, 5) is 6.50. The summed E-state index contributed by atoms with van der Waals surface area (Å²) in [6, 6.07) is 12.3. The van der Waals surface area contributed by atoms with E-state index in [1.807, 2.05) is 18.3 Å². The zero-order valence-corrected chi connectivity index (χ0v) is 13.2. The normalized spacial score (nSPS) is 30.0. The summed E-state index contributed by atoms with van der Waals surface area (Å²) in [5.74, 6) is 0.407. The quantitative estimate of drug-likeness (QED) is 0.946. The number of nitrogens with zero attached hydrogens (tertiary/aromatic N) is 2. The van der Waals surface area contributed by atoms with Crippen LogP contribution in [0.25, 0.3) is 12.2 Å². The predicted molar refractivity (Wildman–Crippen MR) is 92.7 cm³/mol. The molecule has 3 heteroatoms. The molecule has 2 aromatic rings. The van der Waals surface area contributed by atoms with Crippen molar-refractivity contribution in [3.63, 3.8) is 0 Å². The van der Waals surface area contributed by atoms with Crippen molar-refractivity contribution in [3.8, 4) is 0 Å². The number of aliphatic hydroxyl groups is 1. The molecule has 1 aromatic heterocycles. The fourth-order valence-electron chi connectivity index (χ4n) is 3.92. The van der Waals surface area contributed by atoms with Crippen molar-refractivity contribution in [2.45, 2.75) is 18.4 Å². The first-order chi connectivity index (χ1) is 11.2. The number of fused-ring (bicyclic) bond motifs is 3. The Balaban J connectivity index is 1.53. The van der Waals surface area contributed by atoms with E-state index in [4.69, 9.17) is 0 Å². The number of piperidine rings is 3. The summed E-state index contributed by atoms with van der Waals surface area (Å²) in [7, 11) is 0. The highest BCUT2D eigenvalue weighted by atomic mass is 16.3. The van der Waals surface area contributed by atoms with Crippen LogP contribution in [0.3, 0.4) is 0 Å². The lowest BCUT2D eigenvalue weighted by Gasteiger charge is -2.50. The molecule has 1 unspecified atom stereocenters. The zero-order valence-electron chi connectivity index (χ0n) is 13.2. The van der Waals surface area contributed by atoms with Crippen LogP contribution < -0.4 is 0 Å². The van der Waals surface area contributed by atoms with Gasteiger partial charge in [0.1, 0.15) is 5.60 Å². The predicted octanol–water partition coefficient (Wildman–Crippen LogP) is 3.17. The van der Waals surface area contributed by atoms with Gasteiger partial charge < -0.3 is 10.0 Å². The number of benzene rings is 1. The van der Waals surface area contributed by atoms with E-state index in [0.717, 1.165) is 49.2 Å². The minimum absolute atomic E-state index is 0.407. The Morgan fingerprint density at radius 2 is 1.78 bits per heavy atom. The largest absolute Gasteiger partial charge is 0.384 e. The average Bonchev–Trinajstić information content (AvgIpc) is 2.62. The SMILES string of the molecule is OC1(c2ccc(C=Cc3cccnc3)cc2)CN2CCC1CC2. The molecule has 0 amide bonds. The highest BCUT2D eigenvalue weighted by Crippen LogP contribution is 2.42. The standard InChI is InChI=1S/C20H22N2O/c23-20(15-22-12-9-19(20)10-13-22)18-7-5-16(6-8-18)3-4-17-2-1-11-21-14-17/h1-8,11,14,19,23H,9-10,12-13,15H2. The van der Waals surface area contributed by atoms with Crippen LogP contribution in [0.15, 0.2) is 48.8 Å². The molecule has 3 aliphatic heterocycles. The second kappa shape index (κ2) is 5.91. The maximum Gasteiger partial charge on any atom is 0.105 e. The van der Waals surface area contributed by atoms with Crippen LogP contribution >= 0.6 is 0 Å². The van der Waals surface area contributed by atoms with Gasteiger partial charge in [-0.25, -0.2) is 0 Å². The van der Waals surface area contributed by atoms with E-state index in [0.29, 0.717) is 5.92 Å². The summed E-state index contributed by atoms with van der Waals surface area (Å²) in [5, 5.41) is 11.2.